The smallest absolute Gasteiger partial charge is 0.446 e. The Labute approximate surface area is 167 Å². The molecule has 0 aliphatic carbocycles. The summed E-state index contributed by atoms with van der Waals surface area (Å²) in [5.41, 5.74) is 5.12. The van der Waals surface area contributed by atoms with Crippen molar-refractivity contribution in [2.45, 2.75) is 19.9 Å². The van der Waals surface area contributed by atoms with Gasteiger partial charge in [0, 0.05) is 12.1 Å². The van der Waals surface area contributed by atoms with Gasteiger partial charge in [0.1, 0.15) is 5.75 Å². The van der Waals surface area contributed by atoms with E-state index in [1.54, 1.807) is 0 Å². The van der Waals surface area contributed by atoms with Crippen molar-refractivity contribution in [1.29, 1.82) is 0 Å². The normalized spacial score (nSPS) is 11.0. The van der Waals surface area contributed by atoms with Crippen LogP contribution in [-0.2, 0) is 0 Å². The quantitative estimate of drug-likeness (QED) is 0.671. The van der Waals surface area contributed by atoms with Crippen LogP contribution in [0.2, 0.25) is 10.0 Å². The molecule has 2 aromatic heterocycles. The molecule has 0 aliphatic rings. The van der Waals surface area contributed by atoms with Gasteiger partial charge in [0.05, 0.1) is 21.9 Å². The molecule has 0 aliphatic heterocycles. The van der Waals surface area contributed by atoms with Crippen molar-refractivity contribution in [1.82, 2.24) is 14.3 Å². The molecular weight excluding hydrogens is 411 g/mol. The van der Waals surface area contributed by atoms with E-state index < -0.39 is 17.5 Å². The summed E-state index contributed by atoms with van der Waals surface area (Å²) in [4.78, 5) is 35.1. The SMILES string of the molecule is CC(C)n1cc(Oc2c(Cl)cc(-n3c(C(N)=O)noc3=O)cc2Cl)ccc1=O. The first kappa shape index (κ1) is 19.7. The van der Waals surface area contributed by atoms with Crippen LogP contribution in [0.5, 0.6) is 11.5 Å². The van der Waals surface area contributed by atoms with Gasteiger partial charge in [-0.3, -0.25) is 14.1 Å². The van der Waals surface area contributed by atoms with Crippen molar-refractivity contribution in [3.8, 4) is 17.2 Å². The predicted molar refractivity (Wildman–Crippen MR) is 102 cm³/mol. The van der Waals surface area contributed by atoms with Crippen molar-refractivity contribution in [2.24, 2.45) is 5.73 Å². The predicted octanol–water partition coefficient (Wildman–Crippen LogP) is 2.77. The van der Waals surface area contributed by atoms with E-state index in [0.717, 1.165) is 4.57 Å². The third-order valence-corrected chi connectivity index (χ3v) is 4.31. The monoisotopic (exact) mass is 424 g/mol. The molecule has 1 amide bonds. The number of nitrogens with two attached hydrogens (primary N) is 1. The zero-order valence-corrected chi connectivity index (χ0v) is 16.2. The van der Waals surface area contributed by atoms with Crippen molar-refractivity contribution in [2.75, 3.05) is 0 Å². The molecule has 9 nitrogen and oxygen atoms in total. The standard InChI is InChI=1S/C17H14Cl2N4O5/c1-8(2)22-7-10(3-4-13(22)24)27-14-11(18)5-9(6-12(14)19)23-16(15(20)25)21-28-17(23)26/h3-8H,1-2H3,(H2,20,25). The highest BCUT2D eigenvalue weighted by atomic mass is 35.5. The fourth-order valence-corrected chi connectivity index (χ4v) is 3.02. The van der Waals surface area contributed by atoms with Gasteiger partial charge in [0.2, 0.25) is 5.82 Å². The molecule has 1 aromatic carbocycles. The van der Waals surface area contributed by atoms with Crippen LogP contribution >= 0.6 is 23.2 Å². The van der Waals surface area contributed by atoms with E-state index in [-0.39, 0.29) is 33.1 Å². The van der Waals surface area contributed by atoms with Gasteiger partial charge in [0.25, 0.3) is 11.5 Å². The van der Waals surface area contributed by atoms with Crippen molar-refractivity contribution in [3.63, 3.8) is 0 Å². The molecule has 0 saturated carbocycles. The van der Waals surface area contributed by atoms with Gasteiger partial charge in [0.15, 0.2) is 5.75 Å². The van der Waals surface area contributed by atoms with Crippen LogP contribution < -0.4 is 21.8 Å². The molecule has 11 heteroatoms. The Morgan fingerprint density at radius 2 is 1.86 bits per heavy atom. The molecule has 0 atom stereocenters. The number of carbonyl (C=O) groups is 1. The Kier molecular flexibility index (Phi) is 5.30. The maximum atomic E-state index is 11.9. The van der Waals surface area contributed by atoms with E-state index in [1.165, 1.54) is 35.0 Å². The number of carbonyl (C=O) groups excluding carboxylic acids is 1. The minimum Gasteiger partial charge on any atom is -0.453 e. The molecule has 3 aromatic rings. The molecule has 28 heavy (non-hydrogen) atoms. The average Bonchev–Trinajstić information content (AvgIpc) is 3.01. The molecule has 146 valence electrons. The van der Waals surface area contributed by atoms with Gasteiger partial charge in [-0.25, -0.2) is 9.36 Å². The summed E-state index contributed by atoms with van der Waals surface area (Å²) >= 11 is 12.5. The first-order valence-electron chi connectivity index (χ1n) is 7.97. The molecular formula is C17H14Cl2N4O5. The summed E-state index contributed by atoms with van der Waals surface area (Å²) in [5, 5.41) is 3.43. The van der Waals surface area contributed by atoms with Gasteiger partial charge >= 0.3 is 5.76 Å². The van der Waals surface area contributed by atoms with Gasteiger partial charge in [-0.1, -0.05) is 23.2 Å². The highest BCUT2D eigenvalue weighted by Gasteiger charge is 2.20. The third kappa shape index (κ3) is 3.67. The largest absolute Gasteiger partial charge is 0.453 e. The topological polar surface area (TPSA) is 122 Å². The number of aromatic nitrogens is 3. The molecule has 2 heterocycles. The minimum absolute atomic E-state index is 0.0494. The second-order valence-corrected chi connectivity index (χ2v) is 6.83. The van der Waals surface area contributed by atoms with Crippen molar-refractivity contribution < 1.29 is 14.1 Å². The summed E-state index contributed by atoms with van der Waals surface area (Å²) in [6, 6.07) is 5.45. The van der Waals surface area contributed by atoms with E-state index in [0.29, 0.717) is 5.75 Å². The summed E-state index contributed by atoms with van der Waals surface area (Å²) in [6.45, 7) is 3.71. The number of halogens is 2. The lowest BCUT2D eigenvalue weighted by atomic mass is 10.3. The first-order valence-corrected chi connectivity index (χ1v) is 8.72. The fraction of sp³-hybridized carbons (Fsp3) is 0.176. The number of benzene rings is 1. The van der Waals surface area contributed by atoms with Gasteiger partial charge in [-0.2, -0.15) is 0 Å². The number of hydrogen-bond donors (Lipinski definition) is 1. The molecule has 0 fully saturated rings. The summed E-state index contributed by atoms with van der Waals surface area (Å²) in [5.74, 6) is -1.86. The van der Waals surface area contributed by atoms with E-state index in [9.17, 15) is 14.4 Å². The lowest BCUT2D eigenvalue weighted by Crippen LogP contribution is -2.22. The molecule has 3 rings (SSSR count). The molecule has 0 saturated heterocycles. The summed E-state index contributed by atoms with van der Waals surface area (Å²) in [6.07, 6.45) is 1.53. The number of nitrogens with zero attached hydrogens (tertiary/aromatic N) is 3. The summed E-state index contributed by atoms with van der Waals surface area (Å²) < 4.78 is 12.5. The second-order valence-electron chi connectivity index (χ2n) is 6.02. The third-order valence-electron chi connectivity index (χ3n) is 3.75. The zero-order valence-electron chi connectivity index (χ0n) is 14.7. The number of amides is 1. The Morgan fingerprint density at radius 1 is 1.21 bits per heavy atom. The van der Waals surface area contributed by atoms with Crippen LogP contribution in [-0.4, -0.2) is 20.2 Å². The molecule has 0 spiro atoms. The van der Waals surface area contributed by atoms with Crippen molar-refractivity contribution >= 4 is 29.1 Å². The number of pyridine rings is 1. The lowest BCUT2D eigenvalue weighted by Gasteiger charge is -2.14. The van der Waals surface area contributed by atoms with Crippen molar-refractivity contribution in [3.05, 3.63) is 67.2 Å². The van der Waals surface area contributed by atoms with E-state index in [2.05, 4.69) is 9.68 Å². The number of primary amides is 1. The second kappa shape index (κ2) is 7.53. The highest BCUT2D eigenvalue weighted by Crippen LogP contribution is 2.38. The average molecular weight is 425 g/mol. The van der Waals surface area contributed by atoms with Gasteiger partial charge in [-0.15, -0.1) is 0 Å². The molecule has 0 unspecified atom stereocenters. The van der Waals surface area contributed by atoms with E-state index in [4.69, 9.17) is 33.7 Å². The van der Waals surface area contributed by atoms with Crippen LogP contribution in [0.4, 0.5) is 0 Å². The van der Waals surface area contributed by atoms with Crippen LogP contribution in [0.3, 0.4) is 0 Å². The maximum Gasteiger partial charge on any atom is 0.446 e. The number of rotatable bonds is 5. The molecule has 0 bridgehead atoms. The first-order chi connectivity index (χ1) is 13.2. The van der Waals surface area contributed by atoms with Crippen LogP contribution in [0, 0.1) is 0 Å². The minimum atomic E-state index is -0.964. The van der Waals surface area contributed by atoms with E-state index >= 15 is 0 Å². The van der Waals surface area contributed by atoms with Gasteiger partial charge < -0.3 is 15.0 Å². The van der Waals surface area contributed by atoms with Gasteiger partial charge in [-0.05, 0) is 37.2 Å². The van der Waals surface area contributed by atoms with Crippen LogP contribution in [0.25, 0.3) is 5.69 Å². The van der Waals surface area contributed by atoms with E-state index in [1.807, 2.05) is 13.8 Å². The Balaban J connectivity index is 2.04. The van der Waals surface area contributed by atoms with Crippen LogP contribution in [0.15, 0.2) is 44.6 Å². The number of ether oxygens (including phenoxy) is 1. The highest BCUT2D eigenvalue weighted by molar-refractivity contribution is 6.37. The lowest BCUT2D eigenvalue weighted by molar-refractivity contribution is 0.0985. The Hall–Kier alpha value is -3.04. The molecule has 0 radical (unpaired) electrons. The van der Waals surface area contributed by atoms with Crippen LogP contribution in [0.1, 0.15) is 30.5 Å². The maximum absolute atomic E-state index is 11.9. The summed E-state index contributed by atoms with van der Waals surface area (Å²) in [7, 11) is 0. The zero-order chi connectivity index (χ0) is 20.6. The Morgan fingerprint density at radius 3 is 2.43 bits per heavy atom. The number of hydrogen-bond acceptors (Lipinski definition) is 6. The molecule has 2 N–H and O–H groups in total. The Bertz CT molecular complexity index is 1160. The fourth-order valence-electron chi connectivity index (χ4n) is 2.47.